The third kappa shape index (κ3) is 3.22. The Balaban J connectivity index is 1.68. The maximum atomic E-state index is 5.39. The summed E-state index contributed by atoms with van der Waals surface area (Å²) in [6.45, 7) is 5.06. The summed E-state index contributed by atoms with van der Waals surface area (Å²) in [5.41, 5.74) is 2.69. The van der Waals surface area contributed by atoms with Crippen LogP contribution in [0.4, 0.5) is 0 Å². The Bertz CT molecular complexity index is 600. The molecule has 114 valence electrons. The fraction of sp³-hybridized carbons (Fsp3) is 0.529. The van der Waals surface area contributed by atoms with E-state index in [0.717, 1.165) is 45.0 Å². The Morgan fingerprint density at radius 2 is 2.05 bits per heavy atom. The summed E-state index contributed by atoms with van der Waals surface area (Å²) in [7, 11) is 3.84. The van der Waals surface area contributed by atoms with Crippen LogP contribution in [0.2, 0.25) is 0 Å². The second-order valence-electron chi connectivity index (χ2n) is 5.71. The van der Waals surface area contributed by atoms with E-state index in [1.54, 1.807) is 7.11 Å². The van der Waals surface area contributed by atoms with Crippen molar-refractivity contribution in [3.05, 3.63) is 30.0 Å². The van der Waals surface area contributed by atoms with Gasteiger partial charge in [-0.2, -0.15) is 0 Å². The molecule has 1 aliphatic heterocycles. The normalized spacial score (nSPS) is 16.5. The van der Waals surface area contributed by atoms with Crippen molar-refractivity contribution in [2.45, 2.75) is 12.8 Å². The molecule has 0 unspecified atom stereocenters. The summed E-state index contributed by atoms with van der Waals surface area (Å²) < 4.78 is 13.0. The molecule has 0 spiro atoms. The molecule has 1 fully saturated rings. The van der Waals surface area contributed by atoms with E-state index in [4.69, 9.17) is 9.47 Å². The number of rotatable bonds is 5. The average Bonchev–Trinajstić information content (AvgIpc) is 2.84. The zero-order chi connectivity index (χ0) is 14.7. The molecular formula is C17H24N2O2. The van der Waals surface area contributed by atoms with Crippen LogP contribution < -0.4 is 4.74 Å². The Hall–Kier alpha value is -1.52. The predicted molar refractivity (Wildman–Crippen MR) is 85.1 cm³/mol. The largest absolute Gasteiger partial charge is 0.497 e. The highest BCUT2D eigenvalue weighted by molar-refractivity contribution is 5.85. The van der Waals surface area contributed by atoms with Crippen molar-refractivity contribution in [3.63, 3.8) is 0 Å². The number of morpholine rings is 1. The molecule has 0 aliphatic carbocycles. The summed E-state index contributed by atoms with van der Waals surface area (Å²) in [4.78, 5) is 2.50. The highest BCUT2D eigenvalue weighted by Crippen LogP contribution is 2.26. The second kappa shape index (κ2) is 6.50. The van der Waals surface area contributed by atoms with E-state index < -0.39 is 0 Å². The summed E-state index contributed by atoms with van der Waals surface area (Å²) in [6, 6.07) is 6.32. The number of ether oxygens (including phenoxy) is 2. The molecule has 3 rings (SSSR count). The molecule has 2 aromatic rings. The van der Waals surface area contributed by atoms with Gasteiger partial charge in [0, 0.05) is 37.2 Å². The van der Waals surface area contributed by atoms with Crippen LogP contribution in [0.5, 0.6) is 5.75 Å². The highest BCUT2D eigenvalue weighted by Gasteiger charge is 2.11. The van der Waals surface area contributed by atoms with Gasteiger partial charge in [0.1, 0.15) is 5.75 Å². The lowest BCUT2D eigenvalue weighted by molar-refractivity contribution is 0.0375. The maximum absolute atomic E-state index is 5.39. The number of hydrogen-bond donors (Lipinski definition) is 0. The van der Waals surface area contributed by atoms with Crippen molar-refractivity contribution in [1.29, 1.82) is 0 Å². The van der Waals surface area contributed by atoms with Gasteiger partial charge in [-0.1, -0.05) is 0 Å². The maximum Gasteiger partial charge on any atom is 0.119 e. The lowest BCUT2D eigenvalue weighted by Crippen LogP contribution is -2.36. The SMILES string of the molecule is COc1ccc2c(c1)c(CCCN1CCOCC1)cn2C. The van der Waals surface area contributed by atoms with E-state index in [-0.39, 0.29) is 0 Å². The number of benzene rings is 1. The van der Waals surface area contributed by atoms with Gasteiger partial charge in [-0.15, -0.1) is 0 Å². The van der Waals surface area contributed by atoms with E-state index in [1.807, 2.05) is 6.07 Å². The topological polar surface area (TPSA) is 26.6 Å². The van der Waals surface area contributed by atoms with Crippen LogP contribution in [0.3, 0.4) is 0 Å². The molecule has 4 heteroatoms. The van der Waals surface area contributed by atoms with E-state index in [2.05, 4.69) is 34.8 Å². The van der Waals surface area contributed by atoms with E-state index in [9.17, 15) is 0 Å². The molecule has 1 aromatic carbocycles. The third-order valence-electron chi connectivity index (χ3n) is 4.30. The minimum Gasteiger partial charge on any atom is -0.497 e. The Labute approximate surface area is 126 Å². The Morgan fingerprint density at radius 3 is 2.81 bits per heavy atom. The zero-order valence-electron chi connectivity index (χ0n) is 13.0. The standard InChI is InChI=1S/C17H24N2O2/c1-18-13-14(4-3-7-19-8-10-21-11-9-19)16-12-15(20-2)5-6-17(16)18/h5-6,12-13H,3-4,7-11H2,1-2H3. The van der Waals surface area contributed by atoms with Gasteiger partial charge < -0.3 is 14.0 Å². The van der Waals surface area contributed by atoms with Crippen molar-refractivity contribution >= 4 is 10.9 Å². The summed E-state index contributed by atoms with van der Waals surface area (Å²) in [6.07, 6.45) is 4.56. The van der Waals surface area contributed by atoms with Gasteiger partial charge >= 0.3 is 0 Å². The third-order valence-corrected chi connectivity index (χ3v) is 4.30. The lowest BCUT2D eigenvalue weighted by Gasteiger charge is -2.26. The van der Waals surface area contributed by atoms with Crippen molar-refractivity contribution < 1.29 is 9.47 Å². The molecule has 0 N–H and O–H groups in total. The molecule has 0 atom stereocenters. The Morgan fingerprint density at radius 1 is 1.24 bits per heavy atom. The zero-order valence-corrected chi connectivity index (χ0v) is 13.0. The van der Waals surface area contributed by atoms with Crippen molar-refractivity contribution in [1.82, 2.24) is 9.47 Å². The van der Waals surface area contributed by atoms with Crippen molar-refractivity contribution in [2.24, 2.45) is 7.05 Å². The Kier molecular flexibility index (Phi) is 4.46. The first-order valence-electron chi connectivity index (χ1n) is 7.70. The van der Waals surface area contributed by atoms with Gasteiger partial charge in [0.05, 0.1) is 20.3 Å². The lowest BCUT2D eigenvalue weighted by atomic mass is 10.1. The monoisotopic (exact) mass is 288 g/mol. The number of hydrogen-bond acceptors (Lipinski definition) is 3. The summed E-state index contributed by atoms with van der Waals surface area (Å²) in [5, 5.41) is 1.32. The smallest absolute Gasteiger partial charge is 0.119 e. The minimum atomic E-state index is 0.880. The molecular weight excluding hydrogens is 264 g/mol. The van der Waals surface area contributed by atoms with Gasteiger partial charge in [-0.25, -0.2) is 0 Å². The van der Waals surface area contributed by atoms with Gasteiger partial charge in [-0.05, 0) is 43.1 Å². The molecule has 0 radical (unpaired) electrons. The van der Waals surface area contributed by atoms with Gasteiger partial charge in [0.15, 0.2) is 0 Å². The average molecular weight is 288 g/mol. The molecule has 21 heavy (non-hydrogen) atoms. The minimum absolute atomic E-state index is 0.880. The van der Waals surface area contributed by atoms with Gasteiger partial charge in [0.25, 0.3) is 0 Å². The molecule has 1 aliphatic rings. The molecule has 0 saturated carbocycles. The molecule has 2 heterocycles. The van der Waals surface area contributed by atoms with Crippen molar-refractivity contribution in [2.75, 3.05) is 40.0 Å². The molecule has 1 saturated heterocycles. The van der Waals surface area contributed by atoms with Gasteiger partial charge in [-0.3, -0.25) is 4.90 Å². The number of nitrogens with zero attached hydrogens (tertiary/aromatic N) is 2. The highest BCUT2D eigenvalue weighted by atomic mass is 16.5. The quantitative estimate of drug-likeness (QED) is 0.845. The van der Waals surface area contributed by atoms with Crippen LogP contribution in [0.25, 0.3) is 10.9 Å². The molecule has 0 bridgehead atoms. The molecule has 0 amide bonds. The fourth-order valence-electron chi connectivity index (χ4n) is 3.10. The summed E-state index contributed by atoms with van der Waals surface area (Å²) >= 11 is 0. The molecule has 4 nitrogen and oxygen atoms in total. The number of methoxy groups -OCH3 is 1. The second-order valence-corrected chi connectivity index (χ2v) is 5.71. The fourth-order valence-corrected chi connectivity index (χ4v) is 3.10. The van der Waals surface area contributed by atoms with E-state index in [0.29, 0.717) is 0 Å². The van der Waals surface area contributed by atoms with Crippen LogP contribution in [0.15, 0.2) is 24.4 Å². The number of fused-ring (bicyclic) bond motifs is 1. The summed E-state index contributed by atoms with van der Waals surface area (Å²) in [5.74, 6) is 0.933. The first-order valence-corrected chi connectivity index (χ1v) is 7.70. The van der Waals surface area contributed by atoms with Gasteiger partial charge in [0.2, 0.25) is 0 Å². The number of aryl methyl sites for hydroxylation is 2. The first-order chi connectivity index (χ1) is 10.3. The van der Waals surface area contributed by atoms with Crippen molar-refractivity contribution in [3.8, 4) is 5.75 Å². The first kappa shape index (κ1) is 14.4. The molecule has 1 aromatic heterocycles. The van der Waals surface area contributed by atoms with E-state index >= 15 is 0 Å². The van der Waals surface area contributed by atoms with Crippen LogP contribution >= 0.6 is 0 Å². The van der Waals surface area contributed by atoms with Crippen LogP contribution in [0, 0.1) is 0 Å². The number of aromatic nitrogens is 1. The predicted octanol–water partition coefficient (Wildman–Crippen LogP) is 2.45. The van der Waals surface area contributed by atoms with E-state index in [1.165, 1.54) is 22.9 Å². The van der Waals surface area contributed by atoms with Crippen LogP contribution in [0.1, 0.15) is 12.0 Å². The van der Waals surface area contributed by atoms with Crippen LogP contribution in [-0.2, 0) is 18.2 Å². The van der Waals surface area contributed by atoms with Crippen LogP contribution in [-0.4, -0.2) is 49.4 Å².